The monoisotopic (exact) mass is 852 g/mol. The minimum atomic E-state index is -1.52. The van der Waals surface area contributed by atoms with Crippen molar-refractivity contribution in [3.05, 3.63) is 59.2 Å². The minimum Gasteiger partial charge on any atom is -0.481 e. The molecule has 12 heteroatoms. The summed E-state index contributed by atoms with van der Waals surface area (Å²) in [6.07, 6.45) is 5.37. The van der Waals surface area contributed by atoms with Gasteiger partial charge in [0.2, 0.25) is 0 Å². The SMILES string of the molecule is CNCc1ccc(COC2C(OC3OCC(O)C(O)C3O)C(C)(CO)C3C4C=CC2C3(C)C2C(CCCO)C=C3C5CC(C)(CO)CCC5(C(=O)O)CCC3(C)C2(C)C4)cc1. The van der Waals surface area contributed by atoms with Crippen molar-refractivity contribution in [3.8, 4) is 0 Å². The number of nitrogens with one attached hydrogen (secondary N) is 1. The molecule has 4 saturated carbocycles. The fourth-order valence-electron chi connectivity index (χ4n) is 15.4. The number of carboxylic acids is 1. The number of allylic oxidation sites excluding steroid dienone is 3. The van der Waals surface area contributed by atoms with Gasteiger partial charge in [0, 0.05) is 31.1 Å². The molecule has 5 fully saturated rings. The fourth-order valence-corrected chi connectivity index (χ4v) is 15.4. The first-order valence-corrected chi connectivity index (χ1v) is 23.0. The van der Waals surface area contributed by atoms with E-state index in [1.807, 2.05) is 7.05 Å². The van der Waals surface area contributed by atoms with Gasteiger partial charge in [0.1, 0.15) is 18.3 Å². The third kappa shape index (κ3) is 6.78. The highest BCUT2D eigenvalue weighted by molar-refractivity contribution is 5.76. The van der Waals surface area contributed by atoms with Gasteiger partial charge in [-0.15, -0.1) is 0 Å². The van der Waals surface area contributed by atoms with Gasteiger partial charge in [-0.25, -0.2) is 0 Å². The van der Waals surface area contributed by atoms with Crippen LogP contribution in [0.3, 0.4) is 0 Å². The summed E-state index contributed by atoms with van der Waals surface area (Å²) in [6.45, 7) is 12.0. The van der Waals surface area contributed by atoms with Crippen LogP contribution in [-0.2, 0) is 32.2 Å². The topological polar surface area (TPSA) is 198 Å². The molecule has 1 heterocycles. The van der Waals surface area contributed by atoms with E-state index in [0.717, 1.165) is 30.5 Å². The number of aliphatic hydroxyl groups is 6. The van der Waals surface area contributed by atoms with Crippen LogP contribution in [0, 0.1) is 68.0 Å². The molecule has 1 aromatic rings. The number of rotatable bonds is 13. The van der Waals surface area contributed by atoms with Crippen LogP contribution in [0.2, 0.25) is 0 Å². The first-order chi connectivity index (χ1) is 28.9. The normalized spacial score (nSPS) is 48.7. The second-order valence-corrected chi connectivity index (χ2v) is 21.8. The van der Waals surface area contributed by atoms with Crippen LogP contribution >= 0.6 is 0 Å². The number of aliphatic hydroxyl groups excluding tert-OH is 6. The zero-order chi connectivity index (χ0) is 43.9. The number of ether oxygens (including phenoxy) is 3. The van der Waals surface area contributed by atoms with Gasteiger partial charge in [0.15, 0.2) is 6.29 Å². The molecular weight excluding hydrogens is 779 g/mol. The maximum atomic E-state index is 13.5. The van der Waals surface area contributed by atoms with Crippen LogP contribution in [0.4, 0.5) is 0 Å². The second-order valence-electron chi connectivity index (χ2n) is 21.8. The Balaban J connectivity index is 1.27. The smallest absolute Gasteiger partial charge is 0.310 e. The second kappa shape index (κ2) is 16.3. The standard InChI is InChI=1S/C49H73NO11/c1-44(26-52)15-17-49(43(57)58)18-16-46(3)33(34(49)22-44)20-30(8-7-19-51)40-47(46,4)21-31-13-14-32-38(59-24-29-11-9-28(10-12-29)23-50-6)41(45(2,27-53)39(31)48(32,40)5)61-42-37(56)36(55)35(54)25-60-42/h9-14,20,30-32,34-42,50-56H,7-8,15-19,21-27H2,1-6H3,(H,57,58). The number of carboxylic acid groups (broad SMARTS) is 1. The summed E-state index contributed by atoms with van der Waals surface area (Å²) < 4.78 is 19.9. The molecule has 0 spiro atoms. The lowest BCUT2D eigenvalue weighted by Gasteiger charge is -2.77. The molecule has 340 valence electrons. The van der Waals surface area contributed by atoms with E-state index in [9.17, 15) is 40.5 Å². The maximum absolute atomic E-state index is 13.5. The van der Waals surface area contributed by atoms with Gasteiger partial charge in [0.25, 0.3) is 0 Å². The van der Waals surface area contributed by atoms with Gasteiger partial charge >= 0.3 is 5.97 Å². The Kier molecular flexibility index (Phi) is 12.1. The van der Waals surface area contributed by atoms with Crippen molar-refractivity contribution >= 4 is 5.97 Å². The average molecular weight is 852 g/mol. The van der Waals surface area contributed by atoms with E-state index < -0.39 is 59.0 Å². The van der Waals surface area contributed by atoms with Crippen LogP contribution in [-0.4, -0.2) is 112 Å². The quantitative estimate of drug-likeness (QED) is 0.102. The number of hydrogen-bond acceptors (Lipinski definition) is 11. The first kappa shape index (κ1) is 45.3. The summed E-state index contributed by atoms with van der Waals surface area (Å²) in [5.41, 5.74) is -0.0465. The zero-order valence-corrected chi connectivity index (χ0v) is 37.1. The molecule has 0 aromatic heterocycles. The summed E-state index contributed by atoms with van der Waals surface area (Å²) >= 11 is 0. The van der Waals surface area contributed by atoms with Crippen LogP contribution in [0.5, 0.6) is 0 Å². The van der Waals surface area contributed by atoms with Gasteiger partial charge in [-0.2, -0.15) is 0 Å². The van der Waals surface area contributed by atoms with Crippen molar-refractivity contribution in [2.24, 2.45) is 68.0 Å². The van der Waals surface area contributed by atoms with E-state index in [1.54, 1.807) is 0 Å². The lowest BCUT2D eigenvalue weighted by Crippen LogP contribution is -2.75. The Morgan fingerprint density at radius 1 is 0.885 bits per heavy atom. The number of benzene rings is 1. The van der Waals surface area contributed by atoms with Gasteiger partial charge < -0.3 is 55.3 Å². The highest BCUT2D eigenvalue weighted by Gasteiger charge is 2.77. The van der Waals surface area contributed by atoms with E-state index in [2.05, 4.69) is 82.4 Å². The predicted molar refractivity (Wildman–Crippen MR) is 227 cm³/mol. The molecular formula is C49H73NO11. The van der Waals surface area contributed by atoms with Gasteiger partial charge in [0.05, 0.1) is 37.4 Å². The van der Waals surface area contributed by atoms with Crippen molar-refractivity contribution in [2.75, 3.05) is 33.5 Å². The van der Waals surface area contributed by atoms with E-state index in [-0.39, 0.29) is 84.8 Å². The molecule has 1 saturated heterocycles. The highest BCUT2D eigenvalue weighted by Crippen LogP contribution is 2.80. The Hall–Kier alpha value is -2.23. The number of hydrogen-bond donors (Lipinski definition) is 8. The molecule has 18 atom stereocenters. The Morgan fingerprint density at radius 3 is 2.25 bits per heavy atom. The van der Waals surface area contributed by atoms with Crippen molar-refractivity contribution < 1.29 is 54.8 Å². The van der Waals surface area contributed by atoms with Gasteiger partial charge in [-0.1, -0.05) is 82.7 Å². The van der Waals surface area contributed by atoms with Crippen molar-refractivity contribution in [1.82, 2.24) is 5.32 Å². The molecule has 61 heavy (non-hydrogen) atoms. The third-order valence-corrected chi connectivity index (χ3v) is 18.5. The molecule has 6 aliphatic carbocycles. The molecule has 12 nitrogen and oxygen atoms in total. The van der Waals surface area contributed by atoms with E-state index in [0.29, 0.717) is 38.5 Å². The van der Waals surface area contributed by atoms with Crippen molar-refractivity contribution in [1.29, 1.82) is 0 Å². The Labute approximate surface area is 361 Å². The molecule has 0 amide bonds. The van der Waals surface area contributed by atoms with Gasteiger partial charge in [-0.3, -0.25) is 4.79 Å². The zero-order valence-electron chi connectivity index (χ0n) is 37.1. The largest absolute Gasteiger partial charge is 0.481 e. The summed E-state index contributed by atoms with van der Waals surface area (Å²) in [4.78, 5) is 13.5. The predicted octanol–water partition coefficient (Wildman–Crippen LogP) is 4.58. The molecule has 8 N–H and O–H groups in total. The lowest BCUT2D eigenvalue weighted by atomic mass is 9.28. The minimum absolute atomic E-state index is 0.00548. The summed E-state index contributed by atoms with van der Waals surface area (Å²) in [7, 11) is 1.91. The first-order valence-electron chi connectivity index (χ1n) is 23.0. The van der Waals surface area contributed by atoms with E-state index in [1.165, 1.54) is 5.57 Å². The average Bonchev–Trinajstić information content (AvgIpc) is 3.23. The summed E-state index contributed by atoms with van der Waals surface area (Å²) in [5.74, 6) is -1.29. The Bertz CT molecular complexity index is 1840. The van der Waals surface area contributed by atoms with Crippen LogP contribution in [0.1, 0.15) is 97.1 Å². The molecule has 8 rings (SSSR count). The molecule has 0 radical (unpaired) electrons. The fraction of sp³-hybridized carbons (Fsp3) is 0.776. The number of fused-ring (bicyclic) bond motifs is 5. The molecule has 7 aliphatic rings. The highest BCUT2D eigenvalue weighted by atomic mass is 16.7. The van der Waals surface area contributed by atoms with Crippen molar-refractivity contribution in [3.63, 3.8) is 0 Å². The molecule has 1 aliphatic heterocycles. The molecule has 1 aromatic carbocycles. The Morgan fingerprint density at radius 2 is 1.59 bits per heavy atom. The van der Waals surface area contributed by atoms with E-state index >= 15 is 0 Å². The summed E-state index contributed by atoms with van der Waals surface area (Å²) in [6, 6.07) is 8.27. The molecule has 18 unspecified atom stereocenters. The van der Waals surface area contributed by atoms with Crippen LogP contribution < -0.4 is 5.32 Å². The van der Waals surface area contributed by atoms with Crippen LogP contribution in [0.25, 0.3) is 0 Å². The van der Waals surface area contributed by atoms with Crippen molar-refractivity contribution in [2.45, 2.75) is 136 Å². The lowest BCUT2D eigenvalue weighted by molar-refractivity contribution is -0.348. The van der Waals surface area contributed by atoms with E-state index in [4.69, 9.17) is 14.2 Å². The van der Waals surface area contributed by atoms with Crippen LogP contribution in [0.15, 0.2) is 48.1 Å². The van der Waals surface area contributed by atoms with Gasteiger partial charge in [-0.05, 0) is 121 Å². The third-order valence-electron chi connectivity index (χ3n) is 18.5. The molecule has 4 bridgehead atoms. The number of aliphatic carboxylic acids is 1. The summed E-state index contributed by atoms with van der Waals surface area (Å²) in [5, 5.41) is 79.6. The number of carbonyl (C=O) groups is 1. The maximum Gasteiger partial charge on any atom is 0.310 e.